The van der Waals surface area contributed by atoms with Crippen LogP contribution in [0.1, 0.15) is 36.4 Å². The molecule has 1 aromatic heterocycles. The predicted octanol–water partition coefficient (Wildman–Crippen LogP) is 3.61. The van der Waals surface area contributed by atoms with Crippen LogP contribution in [0.25, 0.3) is 11.0 Å². The summed E-state index contributed by atoms with van der Waals surface area (Å²) < 4.78 is 5.72. The average molecular weight is 275 g/mol. The van der Waals surface area contributed by atoms with Crippen LogP contribution < -0.4 is 0 Å². The van der Waals surface area contributed by atoms with E-state index in [4.69, 9.17) is 4.42 Å². The van der Waals surface area contributed by atoms with E-state index in [2.05, 4.69) is 18.7 Å². The molecule has 0 aliphatic rings. The van der Waals surface area contributed by atoms with Gasteiger partial charge in [-0.3, -0.25) is 4.90 Å². The standard InChI is InChI=1S/C16H21NO3/c1-11(2)8-9-17(3)10-14-15(16(18)19)12-6-4-5-7-13(12)20-14/h4-7,11H,8-10H2,1-3H3,(H,18,19). The van der Waals surface area contributed by atoms with E-state index in [9.17, 15) is 9.90 Å². The summed E-state index contributed by atoms with van der Waals surface area (Å²) in [7, 11) is 1.99. The second kappa shape index (κ2) is 6.09. The van der Waals surface area contributed by atoms with Crippen molar-refractivity contribution in [2.45, 2.75) is 26.8 Å². The second-order valence-electron chi connectivity index (χ2n) is 5.62. The van der Waals surface area contributed by atoms with E-state index >= 15 is 0 Å². The lowest BCUT2D eigenvalue weighted by molar-refractivity contribution is 0.0695. The van der Waals surface area contributed by atoms with Crippen molar-refractivity contribution in [3.8, 4) is 0 Å². The smallest absolute Gasteiger partial charge is 0.339 e. The quantitative estimate of drug-likeness (QED) is 0.875. The number of fused-ring (bicyclic) bond motifs is 1. The molecule has 4 heteroatoms. The molecule has 108 valence electrons. The molecule has 0 spiro atoms. The lowest BCUT2D eigenvalue weighted by atomic mass is 10.1. The van der Waals surface area contributed by atoms with Crippen molar-refractivity contribution in [3.63, 3.8) is 0 Å². The van der Waals surface area contributed by atoms with E-state index < -0.39 is 5.97 Å². The van der Waals surface area contributed by atoms with Crippen molar-refractivity contribution in [2.24, 2.45) is 5.92 Å². The van der Waals surface area contributed by atoms with Gasteiger partial charge in [-0.1, -0.05) is 32.0 Å². The van der Waals surface area contributed by atoms with Gasteiger partial charge in [-0.2, -0.15) is 0 Å². The molecule has 0 amide bonds. The topological polar surface area (TPSA) is 53.7 Å². The highest BCUT2D eigenvalue weighted by molar-refractivity contribution is 6.03. The molecule has 0 saturated heterocycles. The van der Waals surface area contributed by atoms with Crippen LogP contribution in [0.4, 0.5) is 0 Å². The number of hydrogen-bond acceptors (Lipinski definition) is 3. The molecule has 0 aliphatic carbocycles. The first-order valence-corrected chi connectivity index (χ1v) is 6.91. The fourth-order valence-electron chi connectivity index (χ4n) is 2.24. The van der Waals surface area contributed by atoms with Gasteiger partial charge in [0.2, 0.25) is 0 Å². The molecule has 20 heavy (non-hydrogen) atoms. The normalized spacial score (nSPS) is 11.7. The maximum atomic E-state index is 11.5. The molecular formula is C16H21NO3. The zero-order valence-electron chi connectivity index (χ0n) is 12.2. The van der Waals surface area contributed by atoms with Gasteiger partial charge in [-0.15, -0.1) is 0 Å². The number of nitrogens with zero attached hydrogens (tertiary/aromatic N) is 1. The van der Waals surface area contributed by atoms with Gasteiger partial charge >= 0.3 is 5.97 Å². The fraction of sp³-hybridized carbons (Fsp3) is 0.438. The SMILES string of the molecule is CC(C)CCN(C)Cc1oc2ccccc2c1C(=O)O. The second-order valence-corrected chi connectivity index (χ2v) is 5.62. The zero-order valence-corrected chi connectivity index (χ0v) is 12.2. The van der Waals surface area contributed by atoms with Crippen molar-refractivity contribution in [3.05, 3.63) is 35.6 Å². The number of carbonyl (C=O) groups is 1. The molecule has 0 aliphatic heterocycles. The summed E-state index contributed by atoms with van der Waals surface area (Å²) in [5, 5.41) is 10.1. The Morgan fingerprint density at radius 1 is 1.35 bits per heavy atom. The number of benzene rings is 1. The van der Waals surface area contributed by atoms with Gasteiger partial charge < -0.3 is 9.52 Å². The Hall–Kier alpha value is -1.81. The monoisotopic (exact) mass is 275 g/mol. The van der Waals surface area contributed by atoms with Gasteiger partial charge in [0.1, 0.15) is 16.9 Å². The summed E-state index contributed by atoms with van der Waals surface area (Å²) in [6, 6.07) is 7.28. The molecule has 4 nitrogen and oxygen atoms in total. The molecule has 1 N–H and O–H groups in total. The number of rotatable bonds is 6. The first-order chi connectivity index (χ1) is 9.49. The third-order valence-corrected chi connectivity index (χ3v) is 3.38. The summed E-state index contributed by atoms with van der Waals surface area (Å²) in [6.07, 6.45) is 1.08. The van der Waals surface area contributed by atoms with Crippen LogP contribution in [0.15, 0.2) is 28.7 Å². The first kappa shape index (κ1) is 14.6. The van der Waals surface area contributed by atoms with Crippen LogP contribution in [0.5, 0.6) is 0 Å². The fourth-order valence-corrected chi connectivity index (χ4v) is 2.24. The average Bonchev–Trinajstić information content (AvgIpc) is 2.74. The van der Waals surface area contributed by atoms with Crippen molar-refractivity contribution in [1.82, 2.24) is 4.90 Å². The molecule has 0 radical (unpaired) electrons. The molecule has 0 bridgehead atoms. The minimum absolute atomic E-state index is 0.289. The van der Waals surface area contributed by atoms with E-state index in [1.165, 1.54) is 0 Å². The Labute approximate surface area is 119 Å². The van der Waals surface area contributed by atoms with Crippen molar-refractivity contribution in [1.29, 1.82) is 0 Å². The Kier molecular flexibility index (Phi) is 4.45. The van der Waals surface area contributed by atoms with Gasteiger partial charge in [0.25, 0.3) is 0 Å². The van der Waals surface area contributed by atoms with Gasteiger partial charge in [0, 0.05) is 5.39 Å². The minimum atomic E-state index is -0.929. The summed E-state index contributed by atoms with van der Waals surface area (Å²) in [5.74, 6) is 0.235. The van der Waals surface area contributed by atoms with Gasteiger partial charge in [-0.25, -0.2) is 4.79 Å². The van der Waals surface area contributed by atoms with Crippen LogP contribution in [0.2, 0.25) is 0 Å². The van der Waals surface area contributed by atoms with E-state index in [0.717, 1.165) is 13.0 Å². The molecular weight excluding hydrogens is 254 g/mol. The van der Waals surface area contributed by atoms with Crippen LogP contribution >= 0.6 is 0 Å². The molecule has 0 unspecified atom stereocenters. The molecule has 2 aromatic rings. The Morgan fingerprint density at radius 2 is 2.05 bits per heavy atom. The highest BCUT2D eigenvalue weighted by atomic mass is 16.4. The maximum Gasteiger partial charge on any atom is 0.339 e. The molecule has 0 fully saturated rings. The molecule has 2 rings (SSSR count). The Morgan fingerprint density at radius 3 is 2.70 bits per heavy atom. The molecule has 1 aromatic carbocycles. The number of aromatic carboxylic acids is 1. The van der Waals surface area contributed by atoms with Crippen LogP contribution in [0.3, 0.4) is 0 Å². The number of hydrogen-bond donors (Lipinski definition) is 1. The summed E-state index contributed by atoms with van der Waals surface area (Å²) in [6.45, 7) is 5.80. The van der Waals surface area contributed by atoms with Crippen LogP contribution in [0, 0.1) is 5.92 Å². The third kappa shape index (κ3) is 3.20. The lowest BCUT2D eigenvalue weighted by Crippen LogP contribution is -2.21. The Bertz CT molecular complexity index is 601. The summed E-state index contributed by atoms with van der Waals surface area (Å²) in [5.41, 5.74) is 0.925. The van der Waals surface area contributed by atoms with E-state index in [0.29, 0.717) is 29.2 Å². The highest BCUT2D eigenvalue weighted by Gasteiger charge is 2.20. The third-order valence-electron chi connectivity index (χ3n) is 3.38. The van der Waals surface area contributed by atoms with Gasteiger partial charge in [0.05, 0.1) is 6.54 Å². The van der Waals surface area contributed by atoms with Gasteiger partial charge in [0.15, 0.2) is 0 Å². The largest absolute Gasteiger partial charge is 0.478 e. The number of furan rings is 1. The maximum absolute atomic E-state index is 11.5. The van der Waals surface area contributed by atoms with Crippen molar-refractivity contribution in [2.75, 3.05) is 13.6 Å². The molecule has 0 atom stereocenters. The zero-order chi connectivity index (χ0) is 14.7. The number of carboxylic acids is 1. The number of carboxylic acid groups (broad SMARTS) is 1. The van der Waals surface area contributed by atoms with E-state index in [1.807, 2.05) is 19.2 Å². The van der Waals surface area contributed by atoms with Crippen molar-refractivity contribution < 1.29 is 14.3 Å². The van der Waals surface area contributed by atoms with E-state index in [1.54, 1.807) is 12.1 Å². The van der Waals surface area contributed by atoms with Crippen molar-refractivity contribution >= 4 is 16.9 Å². The summed E-state index contributed by atoms with van der Waals surface area (Å²) in [4.78, 5) is 13.6. The molecule has 0 saturated carbocycles. The highest BCUT2D eigenvalue weighted by Crippen LogP contribution is 2.26. The Balaban J connectivity index is 2.25. The minimum Gasteiger partial charge on any atom is -0.478 e. The lowest BCUT2D eigenvalue weighted by Gasteiger charge is -2.16. The van der Waals surface area contributed by atoms with Gasteiger partial charge in [-0.05, 0) is 32.0 Å². The first-order valence-electron chi connectivity index (χ1n) is 6.91. The van der Waals surface area contributed by atoms with E-state index in [-0.39, 0.29) is 5.56 Å². The molecule has 1 heterocycles. The summed E-state index contributed by atoms with van der Waals surface area (Å²) >= 11 is 0. The van der Waals surface area contributed by atoms with Crippen LogP contribution in [-0.4, -0.2) is 29.6 Å². The predicted molar refractivity (Wildman–Crippen MR) is 79.0 cm³/mol. The number of para-hydroxylation sites is 1. The van der Waals surface area contributed by atoms with Crippen LogP contribution in [-0.2, 0) is 6.54 Å².